The molecule has 3 aliphatic rings. The van der Waals surface area contributed by atoms with Crippen LogP contribution in [0, 0.1) is 11.8 Å². The van der Waals surface area contributed by atoms with E-state index >= 15 is 0 Å². The van der Waals surface area contributed by atoms with Gasteiger partial charge in [-0.25, -0.2) is 0 Å². The van der Waals surface area contributed by atoms with E-state index in [-0.39, 0.29) is 6.10 Å². The molecule has 23 heavy (non-hydrogen) atoms. The maximum absolute atomic E-state index is 9.96. The van der Waals surface area contributed by atoms with E-state index in [0.717, 1.165) is 77.1 Å². The summed E-state index contributed by atoms with van der Waals surface area (Å²) in [6.45, 7) is 8.10. The van der Waals surface area contributed by atoms with Crippen LogP contribution in [0.15, 0.2) is 4.99 Å². The Morgan fingerprint density at radius 3 is 2.74 bits per heavy atom. The first kappa shape index (κ1) is 17.0. The lowest BCUT2D eigenvalue weighted by Crippen LogP contribution is -2.44. The van der Waals surface area contributed by atoms with Crippen LogP contribution in [0.4, 0.5) is 0 Å². The number of rotatable bonds is 4. The summed E-state index contributed by atoms with van der Waals surface area (Å²) in [5.74, 6) is 2.12. The highest BCUT2D eigenvalue weighted by molar-refractivity contribution is 5.80. The SMILES string of the molecule is CN=C(NCC1CCCC1O)N1CCC(CN2CCOCC2)C1. The summed E-state index contributed by atoms with van der Waals surface area (Å²) in [5.41, 5.74) is 0. The van der Waals surface area contributed by atoms with Crippen LogP contribution in [0.1, 0.15) is 25.7 Å². The summed E-state index contributed by atoms with van der Waals surface area (Å²) in [6, 6.07) is 0. The number of guanidine groups is 1. The summed E-state index contributed by atoms with van der Waals surface area (Å²) in [5, 5.41) is 13.4. The van der Waals surface area contributed by atoms with E-state index in [0.29, 0.717) is 5.92 Å². The van der Waals surface area contributed by atoms with Gasteiger partial charge in [-0.1, -0.05) is 6.42 Å². The van der Waals surface area contributed by atoms with Gasteiger partial charge in [-0.3, -0.25) is 9.89 Å². The number of likely N-dealkylation sites (tertiary alicyclic amines) is 1. The minimum Gasteiger partial charge on any atom is -0.393 e. The molecule has 0 radical (unpaired) electrons. The Hall–Kier alpha value is -0.850. The van der Waals surface area contributed by atoms with Crippen molar-refractivity contribution in [3.05, 3.63) is 0 Å². The zero-order chi connectivity index (χ0) is 16.1. The van der Waals surface area contributed by atoms with E-state index in [1.165, 1.54) is 13.0 Å². The van der Waals surface area contributed by atoms with Crippen molar-refractivity contribution in [3.63, 3.8) is 0 Å². The normalized spacial score (nSPS) is 33.4. The van der Waals surface area contributed by atoms with Gasteiger partial charge in [0.15, 0.2) is 5.96 Å². The average Bonchev–Trinajstić information content (AvgIpc) is 3.19. The standard InChI is InChI=1S/C17H32N4O2/c1-18-17(19-11-15-3-2-4-16(15)22)21-6-5-14(13-21)12-20-7-9-23-10-8-20/h14-16,22H,2-13H2,1H3,(H,18,19). The van der Waals surface area contributed by atoms with Crippen LogP contribution in [0.5, 0.6) is 0 Å². The molecule has 3 rings (SSSR count). The summed E-state index contributed by atoms with van der Waals surface area (Å²) in [4.78, 5) is 9.37. The first-order valence-corrected chi connectivity index (χ1v) is 9.20. The van der Waals surface area contributed by atoms with Gasteiger partial charge < -0.3 is 20.1 Å². The molecule has 2 N–H and O–H groups in total. The molecule has 132 valence electrons. The number of aliphatic imine (C=N–C) groups is 1. The monoisotopic (exact) mass is 324 g/mol. The number of aliphatic hydroxyl groups is 1. The van der Waals surface area contributed by atoms with Gasteiger partial charge in [-0.2, -0.15) is 0 Å². The molecule has 0 amide bonds. The molecule has 0 aromatic carbocycles. The molecule has 6 heteroatoms. The van der Waals surface area contributed by atoms with Crippen molar-refractivity contribution in [1.82, 2.24) is 15.1 Å². The lowest BCUT2D eigenvalue weighted by Gasteiger charge is -2.29. The smallest absolute Gasteiger partial charge is 0.193 e. The molecule has 3 unspecified atom stereocenters. The van der Waals surface area contributed by atoms with Crippen LogP contribution in [0.2, 0.25) is 0 Å². The minimum atomic E-state index is -0.131. The van der Waals surface area contributed by atoms with Crippen LogP contribution in [-0.2, 0) is 4.74 Å². The molecule has 1 aliphatic carbocycles. The van der Waals surface area contributed by atoms with Crippen LogP contribution in [0.3, 0.4) is 0 Å². The lowest BCUT2D eigenvalue weighted by molar-refractivity contribution is 0.0315. The molecule has 3 fully saturated rings. The molecule has 0 spiro atoms. The zero-order valence-electron chi connectivity index (χ0n) is 14.4. The van der Waals surface area contributed by atoms with E-state index in [1.807, 2.05) is 7.05 Å². The molecule has 3 atom stereocenters. The largest absolute Gasteiger partial charge is 0.393 e. The molecule has 0 aromatic heterocycles. The van der Waals surface area contributed by atoms with Gasteiger partial charge in [0.1, 0.15) is 0 Å². The Bertz CT molecular complexity index is 398. The van der Waals surface area contributed by atoms with Crippen LogP contribution in [-0.4, -0.2) is 86.5 Å². The number of morpholine rings is 1. The fourth-order valence-corrected chi connectivity index (χ4v) is 4.13. The van der Waals surface area contributed by atoms with Crippen molar-refractivity contribution in [2.45, 2.75) is 31.8 Å². The Balaban J connectivity index is 1.42. The molecule has 2 heterocycles. The summed E-state index contributed by atoms with van der Waals surface area (Å²) in [6.07, 6.45) is 4.34. The van der Waals surface area contributed by atoms with Gasteiger partial charge in [0, 0.05) is 52.2 Å². The van der Waals surface area contributed by atoms with Gasteiger partial charge >= 0.3 is 0 Å². The van der Waals surface area contributed by atoms with E-state index < -0.39 is 0 Å². The highest BCUT2D eigenvalue weighted by atomic mass is 16.5. The Kier molecular flexibility index (Phi) is 6.14. The maximum atomic E-state index is 9.96. The summed E-state index contributed by atoms with van der Waals surface area (Å²) in [7, 11) is 1.86. The van der Waals surface area contributed by atoms with Gasteiger partial charge in [-0.15, -0.1) is 0 Å². The van der Waals surface area contributed by atoms with Crippen molar-refractivity contribution in [2.75, 3.05) is 59.5 Å². The molecule has 2 saturated heterocycles. The third kappa shape index (κ3) is 4.58. The van der Waals surface area contributed by atoms with Gasteiger partial charge in [0.05, 0.1) is 19.3 Å². The second-order valence-electron chi connectivity index (χ2n) is 7.20. The van der Waals surface area contributed by atoms with Crippen molar-refractivity contribution in [2.24, 2.45) is 16.8 Å². The molecule has 2 aliphatic heterocycles. The first-order chi connectivity index (χ1) is 11.3. The van der Waals surface area contributed by atoms with Crippen molar-refractivity contribution >= 4 is 5.96 Å². The lowest BCUT2D eigenvalue weighted by atomic mass is 10.1. The van der Waals surface area contributed by atoms with Gasteiger partial charge in [-0.05, 0) is 25.2 Å². The van der Waals surface area contributed by atoms with Gasteiger partial charge in [0.2, 0.25) is 0 Å². The highest BCUT2D eigenvalue weighted by Crippen LogP contribution is 2.25. The predicted octanol–water partition coefficient (Wildman–Crippen LogP) is 0.377. The van der Waals surface area contributed by atoms with E-state index in [2.05, 4.69) is 20.1 Å². The number of hydrogen-bond acceptors (Lipinski definition) is 4. The van der Waals surface area contributed by atoms with Crippen LogP contribution < -0.4 is 5.32 Å². The third-order valence-corrected chi connectivity index (χ3v) is 5.56. The maximum Gasteiger partial charge on any atom is 0.193 e. The van der Waals surface area contributed by atoms with E-state index in [9.17, 15) is 5.11 Å². The minimum absolute atomic E-state index is 0.131. The van der Waals surface area contributed by atoms with E-state index in [1.54, 1.807) is 0 Å². The fraction of sp³-hybridized carbons (Fsp3) is 0.941. The highest BCUT2D eigenvalue weighted by Gasteiger charge is 2.29. The third-order valence-electron chi connectivity index (χ3n) is 5.56. The van der Waals surface area contributed by atoms with Crippen molar-refractivity contribution in [3.8, 4) is 0 Å². The number of nitrogens with zero attached hydrogens (tertiary/aromatic N) is 3. The molecule has 0 aromatic rings. The second kappa shape index (κ2) is 8.31. The molecule has 1 saturated carbocycles. The van der Waals surface area contributed by atoms with Crippen molar-refractivity contribution < 1.29 is 9.84 Å². The quantitative estimate of drug-likeness (QED) is 0.578. The summed E-state index contributed by atoms with van der Waals surface area (Å²) < 4.78 is 5.43. The molecule has 6 nitrogen and oxygen atoms in total. The van der Waals surface area contributed by atoms with Crippen LogP contribution >= 0.6 is 0 Å². The topological polar surface area (TPSA) is 60.3 Å². The Labute approximate surface area is 139 Å². The summed E-state index contributed by atoms with van der Waals surface area (Å²) >= 11 is 0. The number of ether oxygens (including phenoxy) is 1. The predicted molar refractivity (Wildman–Crippen MR) is 91.6 cm³/mol. The molecule has 0 bridgehead atoms. The van der Waals surface area contributed by atoms with Crippen LogP contribution in [0.25, 0.3) is 0 Å². The van der Waals surface area contributed by atoms with Crippen molar-refractivity contribution in [1.29, 1.82) is 0 Å². The Morgan fingerprint density at radius 1 is 1.22 bits per heavy atom. The number of aliphatic hydroxyl groups excluding tert-OH is 1. The first-order valence-electron chi connectivity index (χ1n) is 9.20. The Morgan fingerprint density at radius 2 is 2.04 bits per heavy atom. The fourth-order valence-electron chi connectivity index (χ4n) is 4.13. The number of nitrogens with one attached hydrogen (secondary N) is 1. The average molecular weight is 324 g/mol. The molecular weight excluding hydrogens is 292 g/mol. The second-order valence-corrected chi connectivity index (χ2v) is 7.20. The number of hydrogen-bond donors (Lipinski definition) is 2. The van der Waals surface area contributed by atoms with E-state index in [4.69, 9.17) is 4.74 Å². The van der Waals surface area contributed by atoms with Gasteiger partial charge in [0.25, 0.3) is 0 Å². The zero-order valence-corrected chi connectivity index (χ0v) is 14.4. The molecular formula is C17H32N4O2.